The van der Waals surface area contributed by atoms with Gasteiger partial charge in [0.25, 0.3) is 0 Å². The van der Waals surface area contributed by atoms with Gasteiger partial charge in [0.15, 0.2) is 0 Å². The molecule has 1 aliphatic carbocycles. The third kappa shape index (κ3) is 3.84. The predicted molar refractivity (Wildman–Crippen MR) is 102 cm³/mol. The van der Waals surface area contributed by atoms with Gasteiger partial charge < -0.3 is 4.74 Å². The maximum atomic E-state index is 13.1. The summed E-state index contributed by atoms with van der Waals surface area (Å²) in [6, 6.07) is 7.81. The second-order valence-corrected chi connectivity index (χ2v) is 9.40. The molecule has 1 aromatic heterocycles. The van der Waals surface area contributed by atoms with E-state index in [1.807, 2.05) is 32.0 Å². The van der Waals surface area contributed by atoms with Crippen molar-refractivity contribution in [3.8, 4) is 6.01 Å². The minimum absolute atomic E-state index is 0.224. The van der Waals surface area contributed by atoms with Crippen molar-refractivity contribution in [3.05, 3.63) is 46.8 Å². The van der Waals surface area contributed by atoms with Gasteiger partial charge >= 0.3 is 6.01 Å². The van der Waals surface area contributed by atoms with Gasteiger partial charge in [0.05, 0.1) is 11.4 Å². The van der Waals surface area contributed by atoms with E-state index in [2.05, 4.69) is 9.97 Å². The predicted octanol–water partition coefficient (Wildman–Crippen LogP) is 2.81. The highest BCUT2D eigenvalue weighted by atomic mass is 32.2. The van der Waals surface area contributed by atoms with Gasteiger partial charge in [-0.2, -0.15) is 4.31 Å². The van der Waals surface area contributed by atoms with Gasteiger partial charge in [-0.25, -0.2) is 18.4 Å². The number of hydrogen-bond donors (Lipinski definition) is 0. The number of hydrogen-bond acceptors (Lipinski definition) is 5. The number of aromatic nitrogens is 2. The number of sulfonamides is 1. The second kappa shape index (κ2) is 7.20. The highest BCUT2D eigenvalue weighted by molar-refractivity contribution is 7.89. The minimum atomic E-state index is -3.50. The lowest BCUT2D eigenvalue weighted by Gasteiger charge is -2.20. The molecule has 0 unspecified atom stereocenters. The molecule has 1 aromatic carbocycles. The zero-order valence-electron chi connectivity index (χ0n) is 15.8. The van der Waals surface area contributed by atoms with E-state index in [9.17, 15) is 8.42 Å². The lowest BCUT2D eigenvalue weighted by Crippen LogP contribution is -2.31. The summed E-state index contributed by atoms with van der Waals surface area (Å²) < 4.78 is 33.5. The maximum absolute atomic E-state index is 13.1. The van der Waals surface area contributed by atoms with Crippen LogP contribution in [0.3, 0.4) is 0 Å². The molecular weight excluding hydrogens is 362 g/mol. The van der Waals surface area contributed by atoms with Crippen LogP contribution in [0.2, 0.25) is 0 Å². The van der Waals surface area contributed by atoms with Gasteiger partial charge in [-0.3, -0.25) is 0 Å². The van der Waals surface area contributed by atoms with Crippen LogP contribution in [0.5, 0.6) is 6.01 Å². The average molecular weight is 388 g/mol. The Morgan fingerprint density at radius 1 is 1.04 bits per heavy atom. The molecule has 144 valence electrons. The van der Waals surface area contributed by atoms with Crippen LogP contribution in [0, 0.1) is 13.8 Å². The number of rotatable bonds is 4. The van der Waals surface area contributed by atoms with Crippen molar-refractivity contribution in [2.75, 3.05) is 13.1 Å². The highest BCUT2D eigenvalue weighted by Gasteiger charge is 2.34. The Kier molecular flexibility index (Phi) is 4.90. The Labute approximate surface area is 160 Å². The molecule has 0 N–H and O–H groups in total. The summed E-state index contributed by atoms with van der Waals surface area (Å²) in [5.74, 6) is 0. The molecule has 7 heteroatoms. The van der Waals surface area contributed by atoms with Crippen molar-refractivity contribution >= 4 is 10.0 Å². The minimum Gasteiger partial charge on any atom is -0.459 e. The first kappa shape index (κ1) is 18.4. The summed E-state index contributed by atoms with van der Waals surface area (Å²) in [4.78, 5) is 8.97. The van der Waals surface area contributed by atoms with E-state index in [0.717, 1.165) is 30.7 Å². The fourth-order valence-corrected chi connectivity index (χ4v) is 5.46. The standard InChI is InChI=1S/C20H25N3O3S/c1-14-11-15(2)22-20(21-14)26-18-9-10-23(13-18)27(24,25)19-8-7-16-5-3-4-6-17(16)12-19/h7-8,11-12,18H,3-6,9-10,13H2,1-2H3/t18-/m0/s1. The summed E-state index contributed by atoms with van der Waals surface area (Å²) >= 11 is 0. The van der Waals surface area contributed by atoms with Crippen molar-refractivity contribution in [1.82, 2.24) is 14.3 Å². The van der Waals surface area contributed by atoms with Crippen molar-refractivity contribution in [1.29, 1.82) is 0 Å². The van der Waals surface area contributed by atoms with E-state index in [-0.39, 0.29) is 6.10 Å². The Bertz CT molecular complexity index is 939. The monoisotopic (exact) mass is 387 g/mol. The first-order valence-electron chi connectivity index (χ1n) is 9.53. The third-order valence-electron chi connectivity index (χ3n) is 5.30. The molecule has 0 saturated carbocycles. The number of aryl methyl sites for hydroxylation is 4. The molecule has 2 heterocycles. The molecule has 1 atom stereocenters. The molecule has 0 radical (unpaired) electrons. The maximum Gasteiger partial charge on any atom is 0.317 e. The Balaban J connectivity index is 1.49. The molecule has 4 rings (SSSR count). The number of benzene rings is 1. The van der Waals surface area contributed by atoms with E-state index in [1.165, 1.54) is 21.9 Å². The van der Waals surface area contributed by atoms with Crippen molar-refractivity contribution < 1.29 is 13.2 Å². The Morgan fingerprint density at radius 3 is 2.48 bits per heavy atom. The van der Waals surface area contributed by atoms with Crippen LogP contribution in [0.25, 0.3) is 0 Å². The SMILES string of the molecule is Cc1cc(C)nc(O[C@H]2CCN(S(=O)(=O)c3ccc4c(c3)CCCC4)C2)n1. The van der Waals surface area contributed by atoms with E-state index in [0.29, 0.717) is 30.4 Å². The molecule has 1 aliphatic heterocycles. The molecule has 6 nitrogen and oxygen atoms in total. The molecule has 0 bridgehead atoms. The van der Waals surface area contributed by atoms with Crippen LogP contribution in [0.1, 0.15) is 41.8 Å². The summed E-state index contributed by atoms with van der Waals surface area (Å²) in [5, 5.41) is 0. The van der Waals surface area contributed by atoms with Crippen LogP contribution in [0.4, 0.5) is 0 Å². The van der Waals surface area contributed by atoms with Crippen LogP contribution >= 0.6 is 0 Å². The Morgan fingerprint density at radius 2 is 1.74 bits per heavy atom. The lowest BCUT2D eigenvalue weighted by atomic mass is 9.92. The van der Waals surface area contributed by atoms with E-state index in [1.54, 1.807) is 6.07 Å². The molecule has 27 heavy (non-hydrogen) atoms. The van der Waals surface area contributed by atoms with Gasteiger partial charge in [-0.15, -0.1) is 0 Å². The summed E-state index contributed by atoms with van der Waals surface area (Å²) in [6.07, 6.45) is 4.75. The van der Waals surface area contributed by atoms with Gasteiger partial charge in [0.1, 0.15) is 6.10 Å². The zero-order valence-corrected chi connectivity index (χ0v) is 16.6. The summed E-state index contributed by atoms with van der Waals surface area (Å²) in [6.45, 7) is 4.57. The molecule has 0 amide bonds. The van der Waals surface area contributed by atoms with E-state index >= 15 is 0 Å². The third-order valence-corrected chi connectivity index (χ3v) is 7.16. The summed E-state index contributed by atoms with van der Waals surface area (Å²) in [7, 11) is -3.50. The summed E-state index contributed by atoms with van der Waals surface area (Å²) in [5.41, 5.74) is 4.15. The first-order valence-corrected chi connectivity index (χ1v) is 11.0. The fraction of sp³-hybridized carbons (Fsp3) is 0.500. The van der Waals surface area contributed by atoms with Crippen molar-refractivity contribution in [2.45, 2.75) is 57.0 Å². The largest absolute Gasteiger partial charge is 0.459 e. The van der Waals surface area contributed by atoms with E-state index < -0.39 is 10.0 Å². The van der Waals surface area contributed by atoms with Crippen molar-refractivity contribution in [3.63, 3.8) is 0 Å². The normalized spacial score (nSPS) is 20.4. The molecule has 1 fully saturated rings. The topological polar surface area (TPSA) is 72.4 Å². The van der Waals surface area contributed by atoms with Gasteiger partial charge in [-0.05, 0) is 75.3 Å². The van der Waals surface area contributed by atoms with Crippen LogP contribution in [0.15, 0.2) is 29.2 Å². The van der Waals surface area contributed by atoms with Crippen molar-refractivity contribution in [2.24, 2.45) is 0 Å². The molecule has 2 aromatic rings. The highest BCUT2D eigenvalue weighted by Crippen LogP contribution is 2.28. The van der Waals surface area contributed by atoms with Crippen LogP contribution in [-0.4, -0.2) is 41.9 Å². The number of nitrogens with zero attached hydrogens (tertiary/aromatic N) is 3. The zero-order chi connectivity index (χ0) is 19.0. The smallest absolute Gasteiger partial charge is 0.317 e. The van der Waals surface area contributed by atoms with E-state index in [4.69, 9.17) is 4.74 Å². The Hall–Kier alpha value is -1.99. The van der Waals surface area contributed by atoms with Gasteiger partial charge in [-0.1, -0.05) is 6.07 Å². The first-order chi connectivity index (χ1) is 12.9. The van der Waals surface area contributed by atoms with Gasteiger partial charge in [0, 0.05) is 17.9 Å². The quantitative estimate of drug-likeness (QED) is 0.807. The average Bonchev–Trinajstić information content (AvgIpc) is 3.09. The lowest BCUT2D eigenvalue weighted by molar-refractivity contribution is 0.197. The molecular formula is C20H25N3O3S. The number of fused-ring (bicyclic) bond motifs is 1. The van der Waals surface area contributed by atoms with Crippen LogP contribution in [-0.2, 0) is 22.9 Å². The van der Waals surface area contributed by atoms with Crippen LogP contribution < -0.4 is 4.74 Å². The molecule has 1 saturated heterocycles. The second-order valence-electron chi connectivity index (χ2n) is 7.46. The molecule has 2 aliphatic rings. The van der Waals surface area contributed by atoms with Gasteiger partial charge in [0.2, 0.25) is 10.0 Å². The fourth-order valence-electron chi connectivity index (χ4n) is 3.93. The number of ether oxygens (including phenoxy) is 1. The molecule has 0 spiro atoms.